The van der Waals surface area contributed by atoms with Crippen LogP contribution in [0.15, 0.2) is 42.6 Å². The summed E-state index contributed by atoms with van der Waals surface area (Å²) in [5, 5.41) is 13.4. The highest BCUT2D eigenvalue weighted by Crippen LogP contribution is 2.13. The minimum atomic E-state index is -0.537. The molecule has 7 nitrogen and oxygen atoms in total. The van der Waals surface area contributed by atoms with Crippen molar-refractivity contribution in [3.05, 3.63) is 63.8 Å². The standard InChI is InChI=1S/C14H13N3O4/c1-21-13-7-10(5-6-15-13)9-16-14(18)11-3-2-4-12(8-11)17(19)20/h2-8H,9H2,1H3,(H,16,18). The minimum absolute atomic E-state index is 0.117. The van der Waals surface area contributed by atoms with Crippen molar-refractivity contribution in [3.8, 4) is 5.88 Å². The second-order valence-corrected chi connectivity index (χ2v) is 4.20. The number of nitrogens with one attached hydrogen (secondary N) is 1. The number of methoxy groups -OCH3 is 1. The van der Waals surface area contributed by atoms with E-state index in [9.17, 15) is 14.9 Å². The molecule has 0 spiro atoms. The fraction of sp³-hybridized carbons (Fsp3) is 0.143. The molecule has 0 aliphatic rings. The van der Waals surface area contributed by atoms with Gasteiger partial charge in [0.25, 0.3) is 11.6 Å². The van der Waals surface area contributed by atoms with Crippen LogP contribution >= 0.6 is 0 Å². The van der Waals surface area contributed by atoms with E-state index in [0.29, 0.717) is 5.88 Å². The second kappa shape index (κ2) is 6.47. The van der Waals surface area contributed by atoms with Crippen LogP contribution in [0, 0.1) is 10.1 Å². The molecule has 1 heterocycles. The SMILES string of the molecule is COc1cc(CNC(=O)c2cccc([N+](=O)[O-])c2)ccn1. The Balaban J connectivity index is 2.04. The molecule has 0 saturated heterocycles. The van der Waals surface area contributed by atoms with Crippen molar-refractivity contribution >= 4 is 11.6 Å². The quantitative estimate of drug-likeness (QED) is 0.669. The van der Waals surface area contributed by atoms with Crippen LogP contribution < -0.4 is 10.1 Å². The van der Waals surface area contributed by atoms with E-state index < -0.39 is 4.92 Å². The molecule has 1 N–H and O–H groups in total. The first-order chi connectivity index (χ1) is 10.1. The molecule has 0 radical (unpaired) electrons. The van der Waals surface area contributed by atoms with Crippen LogP contribution in [0.1, 0.15) is 15.9 Å². The number of ether oxygens (including phenoxy) is 1. The van der Waals surface area contributed by atoms with Gasteiger partial charge in [0.05, 0.1) is 12.0 Å². The maximum Gasteiger partial charge on any atom is 0.270 e. The number of pyridine rings is 1. The summed E-state index contributed by atoms with van der Waals surface area (Å²) in [6.07, 6.45) is 1.58. The summed E-state index contributed by atoms with van der Waals surface area (Å²) < 4.78 is 4.99. The van der Waals surface area contributed by atoms with Crippen LogP contribution in [0.3, 0.4) is 0 Å². The largest absolute Gasteiger partial charge is 0.481 e. The van der Waals surface area contributed by atoms with Gasteiger partial charge in [0, 0.05) is 36.5 Å². The smallest absolute Gasteiger partial charge is 0.270 e. The van der Waals surface area contributed by atoms with Crippen molar-refractivity contribution in [2.24, 2.45) is 0 Å². The third kappa shape index (κ3) is 3.75. The number of nitro benzene ring substituents is 1. The summed E-state index contributed by atoms with van der Waals surface area (Å²) in [5.41, 5.74) is 0.944. The maximum atomic E-state index is 12.0. The molecule has 108 valence electrons. The minimum Gasteiger partial charge on any atom is -0.481 e. The first kappa shape index (κ1) is 14.4. The number of hydrogen-bond acceptors (Lipinski definition) is 5. The summed E-state index contributed by atoms with van der Waals surface area (Å²) in [7, 11) is 1.51. The Morgan fingerprint density at radius 1 is 1.38 bits per heavy atom. The van der Waals surface area contributed by atoms with E-state index in [1.807, 2.05) is 0 Å². The molecular formula is C14H13N3O4. The van der Waals surface area contributed by atoms with Crippen molar-refractivity contribution in [1.82, 2.24) is 10.3 Å². The molecular weight excluding hydrogens is 274 g/mol. The van der Waals surface area contributed by atoms with E-state index in [2.05, 4.69) is 10.3 Å². The summed E-state index contributed by atoms with van der Waals surface area (Å²) >= 11 is 0. The number of carbonyl (C=O) groups excluding carboxylic acids is 1. The lowest BCUT2D eigenvalue weighted by atomic mass is 10.2. The molecule has 2 rings (SSSR count). The summed E-state index contributed by atoms with van der Waals surface area (Å²) in [6, 6.07) is 9.02. The first-order valence-corrected chi connectivity index (χ1v) is 6.11. The van der Waals surface area contributed by atoms with Gasteiger partial charge in [-0.1, -0.05) is 6.07 Å². The van der Waals surface area contributed by atoms with Crippen molar-refractivity contribution < 1.29 is 14.5 Å². The van der Waals surface area contributed by atoms with E-state index in [1.165, 1.54) is 31.4 Å². The van der Waals surface area contributed by atoms with Crippen LogP contribution in [0.2, 0.25) is 0 Å². The van der Waals surface area contributed by atoms with Gasteiger partial charge in [-0.05, 0) is 17.7 Å². The lowest BCUT2D eigenvalue weighted by molar-refractivity contribution is -0.384. The molecule has 21 heavy (non-hydrogen) atoms. The number of non-ortho nitro benzene ring substituents is 1. The Kier molecular flexibility index (Phi) is 4.45. The predicted octanol–water partition coefficient (Wildman–Crippen LogP) is 1.93. The van der Waals surface area contributed by atoms with Gasteiger partial charge in [0.2, 0.25) is 5.88 Å². The Bertz CT molecular complexity index is 673. The fourth-order valence-electron chi connectivity index (χ4n) is 1.72. The molecule has 0 bridgehead atoms. The van der Waals surface area contributed by atoms with Crippen molar-refractivity contribution in [1.29, 1.82) is 0 Å². The second-order valence-electron chi connectivity index (χ2n) is 4.20. The zero-order valence-corrected chi connectivity index (χ0v) is 11.3. The lowest BCUT2D eigenvalue weighted by Gasteiger charge is -2.06. The van der Waals surface area contributed by atoms with Gasteiger partial charge in [-0.25, -0.2) is 4.98 Å². The lowest BCUT2D eigenvalue weighted by Crippen LogP contribution is -2.22. The number of rotatable bonds is 5. The van der Waals surface area contributed by atoms with Gasteiger partial charge in [0.1, 0.15) is 0 Å². The van der Waals surface area contributed by atoms with Crippen LogP contribution in [-0.2, 0) is 6.54 Å². The van der Waals surface area contributed by atoms with Crippen LogP contribution in [-0.4, -0.2) is 22.9 Å². The highest BCUT2D eigenvalue weighted by molar-refractivity contribution is 5.94. The van der Waals surface area contributed by atoms with Gasteiger partial charge < -0.3 is 10.1 Å². The van der Waals surface area contributed by atoms with Crippen molar-refractivity contribution in [2.75, 3.05) is 7.11 Å². The molecule has 0 aliphatic carbocycles. The molecule has 1 aromatic carbocycles. The summed E-state index contributed by atoms with van der Waals surface area (Å²) in [6.45, 7) is 0.278. The highest BCUT2D eigenvalue weighted by Gasteiger charge is 2.11. The van der Waals surface area contributed by atoms with Gasteiger partial charge >= 0.3 is 0 Å². The molecule has 7 heteroatoms. The molecule has 0 unspecified atom stereocenters. The molecule has 0 aliphatic heterocycles. The van der Waals surface area contributed by atoms with Crippen LogP contribution in [0.4, 0.5) is 5.69 Å². The van der Waals surface area contributed by atoms with Crippen molar-refractivity contribution in [3.63, 3.8) is 0 Å². The molecule has 1 aromatic heterocycles. The van der Waals surface area contributed by atoms with Gasteiger partial charge in [-0.15, -0.1) is 0 Å². The number of hydrogen-bond donors (Lipinski definition) is 1. The van der Waals surface area contributed by atoms with Crippen LogP contribution in [0.5, 0.6) is 5.88 Å². The first-order valence-electron chi connectivity index (χ1n) is 6.11. The number of nitrogens with zero attached hydrogens (tertiary/aromatic N) is 2. The van der Waals surface area contributed by atoms with E-state index in [4.69, 9.17) is 4.74 Å². The number of nitro groups is 1. The predicted molar refractivity (Wildman–Crippen MR) is 75.1 cm³/mol. The monoisotopic (exact) mass is 287 g/mol. The zero-order valence-electron chi connectivity index (χ0n) is 11.3. The number of carbonyl (C=O) groups is 1. The molecule has 0 atom stereocenters. The fourth-order valence-corrected chi connectivity index (χ4v) is 1.72. The molecule has 0 saturated carbocycles. The Hall–Kier alpha value is -2.96. The number of aromatic nitrogens is 1. The average molecular weight is 287 g/mol. The Morgan fingerprint density at radius 3 is 2.90 bits per heavy atom. The average Bonchev–Trinajstić information content (AvgIpc) is 2.53. The topological polar surface area (TPSA) is 94.4 Å². The third-order valence-corrected chi connectivity index (χ3v) is 2.78. The highest BCUT2D eigenvalue weighted by atomic mass is 16.6. The number of benzene rings is 1. The van der Waals surface area contributed by atoms with E-state index in [1.54, 1.807) is 18.3 Å². The van der Waals surface area contributed by atoms with Gasteiger partial charge in [-0.2, -0.15) is 0 Å². The van der Waals surface area contributed by atoms with Gasteiger partial charge in [-0.3, -0.25) is 14.9 Å². The van der Waals surface area contributed by atoms with E-state index in [-0.39, 0.29) is 23.7 Å². The maximum absolute atomic E-state index is 12.0. The Morgan fingerprint density at radius 2 is 2.19 bits per heavy atom. The number of amides is 1. The summed E-state index contributed by atoms with van der Waals surface area (Å²) in [5.74, 6) is 0.0755. The molecule has 0 fully saturated rings. The third-order valence-electron chi connectivity index (χ3n) is 2.78. The van der Waals surface area contributed by atoms with Crippen molar-refractivity contribution in [2.45, 2.75) is 6.54 Å². The molecule has 1 amide bonds. The normalized spacial score (nSPS) is 9.95. The Labute approximate surface area is 120 Å². The van der Waals surface area contributed by atoms with E-state index in [0.717, 1.165) is 5.56 Å². The summed E-state index contributed by atoms with van der Waals surface area (Å²) in [4.78, 5) is 26.1. The van der Waals surface area contributed by atoms with E-state index >= 15 is 0 Å². The zero-order chi connectivity index (χ0) is 15.2. The van der Waals surface area contributed by atoms with Crippen LogP contribution in [0.25, 0.3) is 0 Å². The van der Waals surface area contributed by atoms with Gasteiger partial charge in [0.15, 0.2) is 0 Å². The molecule has 2 aromatic rings.